The third-order valence-corrected chi connectivity index (χ3v) is 4.38. The SMILES string of the molecule is CCOc1ccc(CC2(OCCCCOCOC)C=CC=C(C=O)C2)cc1. The molecule has 0 fully saturated rings. The third kappa shape index (κ3) is 7.29. The summed E-state index contributed by atoms with van der Waals surface area (Å²) in [5.74, 6) is 0.861. The van der Waals surface area contributed by atoms with Crippen molar-refractivity contribution in [3.8, 4) is 5.75 Å². The monoisotopic (exact) mass is 374 g/mol. The van der Waals surface area contributed by atoms with Crippen molar-refractivity contribution in [3.05, 3.63) is 53.6 Å². The second-order valence-electron chi connectivity index (χ2n) is 6.58. The summed E-state index contributed by atoms with van der Waals surface area (Å²) in [6.45, 7) is 4.20. The van der Waals surface area contributed by atoms with Crippen LogP contribution in [0, 0.1) is 0 Å². The Hall–Kier alpha value is -1.95. The van der Waals surface area contributed by atoms with Crippen molar-refractivity contribution in [1.29, 1.82) is 0 Å². The molecule has 1 atom stereocenters. The predicted molar refractivity (Wildman–Crippen MR) is 105 cm³/mol. The van der Waals surface area contributed by atoms with Crippen LogP contribution in [-0.2, 0) is 25.4 Å². The molecule has 1 aromatic carbocycles. The Labute approximate surface area is 162 Å². The van der Waals surface area contributed by atoms with Gasteiger partial charge in [-0.3, -0.25) is 4.79 Å². The molecule has 0 radical (unpaired) electrons. The van der Waals surface area contributed by atoms with E-state index in [1.807, 2.05) is 31.2 Å². The Bertz CT molecular complexity index is 620. The number of carbonyl (C=O) groups is 1. The minimum atomic E-state index is -0.495. The first-order valence-electron chi connectivity index (χ1n) is 9.47. The van der Waals surface area contributed by atoms with Crippen LogP contribution in [0.3, 0.4) is 0 Å². The third-order valence-electron chi connectivity index (χ3n) is 4.38. The number of rotatable bonds is 13. The summed E-state index contributed by atoms with van der Waals surface area (Å²) in [5, 5.41) is 0. The lowest BCUT2D eigenvalue weighted by Gasteiger charge is -2.33. The molecule has 0 N–H and O–H groups in total. The van der Waals surface area contributed by atoms with Crippen LogP contribution in [0.1, 0.15) is 31.7 Å². The van der Waals surface area contributed by atoms with Gasteiger partial charge in [0.15, 0.2) is 0 Å². The molecule has 0 spiro atoms. The van der Waals surface area contributed by atoms with Crippen molar-refractivity contribution in [1.82, 2.24) is 0 Å². The minimum Gasteiger partial charge on any atom is -0.494 e. The van der Waals surface area contributed by atoms with Gasteiger partial charge in [-0.2, -0.15) is 0 Å². The molecule has 1 aromatic rings. The number of methoxy groups -OCH3 is 1. The number of carbonyl (C=O) groups excluding carboxylic acids is 1. The average Bonchev–Trinajstić information content (AvgIpc) is 2.69. The fraction of sp³-hybridized carbons (Fsp3) is 0.500. The van der Waals surface area contributed by atoms with Crippen LogP contribution in [0.15, 0.2) is 48.1 Å². The van der Waals surface area contributed by atoms with Gasteiger partial charge in [0.25, 0.3) is 0 Å². The molecule has 0 heterocycles. The molecule has 0 saturated carbocycles. The van der Waals surface area contributed by atoms with E-state index in [2.05, 4.69) is 18.2 Å². The van der Waals surface area contributed by atoms with E-state index in [9.17, 15) is 4.79 Å². The summed E-state index contributed by atoms with van der Waals surface area (Å²) in [4.78, 5) is 11.3. The van der Waals surface area contributed by atoms with Crippen LogP contribution in [0.4, 0.5) is 0 Å². The maximum atomic E-state index is 11.3. The van der Waals surface area contributed by atoms with Gasteiger partial charge in [0.1, 0.15) is 18.8 Å². The number of aldehydes is 1. The lowest BCUT2D eigenvalue weighted by molar-refractivity contribution is -0.105. The number of hydrogen-bond donors (Lipinski definition) is 0. The molecule has 0 saturated heterocycles. The smallest absolute Gasteiger partial charge is 0.146 e. The van der Waals surface area contributed by atoms with Gasteiger partial charge < -0.3 is 18.9 Å². The van der Waals surface area contributed by atoms with E-state index >= 15 is 0 Å². The maximum absolute atomic E-state index is 11.3. The van der Waals surface area contributed by atoms with E-state index in [1.54, 1.807) is 7.11 Å². The second kappa shape index (κ2) is 11.7. The highest BCUT2D eigenvalue weighted by molar-refractivity contribution is 5.75. The molecule has 1 aliphatic rings. The largest absolute Gasteiger partial charge is 0.494 e. The Morgan fingerprint density at radius 2 is 1.93 bits per heavy atom. The summed E-state index contributed by atoms with van der Waals surface area (Å²) >= 11 is 0. The van der Waals surface area contributed by atoms with Gasteiger partial charge in [-0.25, -0.2) is 0 Å². The number of hydrogen-bond acceptors (Lipinski definition) is 5. The molecule has 0 bridgehead atoms. The van der Waals surface area contributed by atoms with Gasteiger partial charge in [-0.1, -0.05) is 30.4 Å². The summed E-state index contributed by atoms with van der Waals surface area (Å²) < 4.78 is 22.0. The van der Waals surface area contributed by atoms with Crippen LogP contribution < -0.4 is 4.74 Å². The molecule has 0 aromatic heterocycles. The number of allylic oxidation sites excluding steroid dienone is 2. The summed E-state index contributed by atoms with van der Waals surface area (Å²) in [6.07, 6.45) is 9.85. The van der Waals surface area contributed by atoms with Crippen molar-refractivity contribution < 1.29 is 23.7 Å². The zero-order valence-electron chi connectivity index (χ0n) is 16.3. The molecule has 0 aliphatic heterocycles. The Kier molecular flexibility index (Phi) is 9.25. The summed E-state index contributed by atoms with van der Waals surface area (Å²) in [5.41, 5.74) is 1.41. The highest BCUT2D eigenvalue weighted by Crippen LogP contribution is 2.31. The fourth-order valence-electron chi connectivity index (χ4n) is 3.10. The summed E-state index contributed by atoms with van der Waals surface area (Å²) in [7, 11) is 1.61. The van der Waals surface area contributed by atoms with E-state index in [0.717, 1.165) is 36.0 Å². The highest BCUT2D eigenvalue weighted by Gasteiger charge is 2.31. The first-order valence-corrected chi connectivity index (χ1v) is 9.47. The quantitative estimate of drug-likeness (QED) is 0.298. The number of unbranched alkanes of at least 4 members (excludes halogenated alkanes) is 1. The molecule has 0 amide bonds. The Morgan fingerprint density at radius 1 is 1.15 bits per heavy atom. The first kappa shape index (κ1) is 21.4. The lowest BCUT2D eigenvalue weighted by Crippen LogP contribution is -2.35. The van der Waals surface area contributed by atoms with Crippen molar-refractivity contribution in [2.75, 3.05) is 33.7 Å². The van der Waals surface area contributed by atoms with E-state index in [-0.39, 0.29) is 0 Å². The minimum absolute atomic E-state index is 0.318. The lowest BCUT2D eigenvalue weighted by atomic mass is 9.84. The average molecular weight is 374 g/mol. The van der Waals surface area contributed by atoms with Crippen LogP contribution in [0.25, 0.3) is 0 Å². The maximum Gasteiger partial charge on any atom is 0.146 e. The molecule has 1 aliphatic carbocycles. The van der Waals surface area contributed by atoms with E-state index in [1.165, 1.54) is 0 Å². The van der Waals surface area contributed by atoms with Crippen molar-refractivity contribution in [2.24, 2.45) is 0 Å². The predicted octanol–water partition coefficient (Wildman–Crippen LogP) is 3.87. The normalized spacial score (nSPS) is 19.0. The zero-order chi connectivity index (χ0) is 19.4. The number of ether oxygens (including phenoxy) is 4. The van der Waals surface area contributed by atoms with E-state index in [0.29, 0.717) is 39.5 Å². The van der Waals surface area contributed by atoms with Crippen LogP contribution in [-0.4, -0.2) is 45.6 Å². The van der Waals surface area contributed by atoms with E-state index < -0.39 is 5.60 Å². The standard InChI is InChI=1S/C22H30O5/c1-3-26-21-10-8-19(9-11-21)15-22(12-6-7-20(16-22)17-23)27-14-5-4-13-25-18-24-2/h6-12,17H,3-5,13-16,18H2,1-2H3. The van der Waals surface area contributed by atoms with Crippen LogP contribution >= 0.6 is 0 Å². The van der Waals surface area contributed by atoms with Gasteiger partial charge in [-0.15, -0.1) is 0 Å². The van der Waals surface area contributed by atoms with Gasteiger partial charge in [0.2, 0.25) is 0 Å². The molecule has 148 valence electrons. The van der Waals surface area contributed by atoms with Gasteiger partial charge in [-0.05, 0) is 43.0 Å². The Balaban J connectivity index is 1.95. The summed E-state index contributed by atoms with van der Waals surface area (Å²) in [6, 6.07) is 8.06. The fourth-order valence-corrected chi connectivity index (χ4v) is 3.10. The van der Waals surface area contributed by atoms with Crippen LogP contribution in [0.5, 0.6) is 5.75 Å². The Morgan fingerprint density at radius 3 is 2.63 bits per heavy atom. The van der Waals surface area contributed by atoms with Gasteiger partial charge in [0.05, 0.1) is 12.2 Å². The molecule has 2 rings (SSSR count). The van der Waals surface area contributed by atoms with Crippen LogP contribution in [0.2, 0.25) is 0 Å². The molecule has 1 unspecified atom stereocenters. The molecular weight excluding hydrogens is 344 g/mol. The van der Waals surface area contributed by atoms with Gasteiger partial charge in [0, 0.05) is 33.2 Å². The van der Waals surface area contributed by atoms with Crippen molar-refractivity contribution in [3.63, 3.8) is 0 Å². The van der Waals surface area contributed by atoms with Gasteiger partial charge >= 0.3 is 0 Å². The highest BCUT2D eigenvalue weighted by atomic mass is 16.7. The first-order chi connectivity index (χ1) is 13.2. The van der Waals surface area contributed by atoms with Crippen molar-refractivity contribution in [2.45, 2.75) is 38.2 Å². The molecular formula is C22H30O5. The second-order valence-corrected chi connectivity index (χ2v) is 6.58. The topological polar surface area (TPSA) is 54.0 Å². The zero-order valence-corrected chi connectivity index (χ0v) is 16.3. The van der Waals surface area contributed by atoms with Crippen molar-refractivity contribution >= 4 is 6.29 Å². The molecule has 5 nitrogen and oxygen atoms in total. The molecule has 5 heteroatoms. The molecule has 27 heavy (non-hydrogen) atoms. The van der Waals surface area contributed by atoms with E-state index in [4.69, 9.17) is 18.9 Å². The number of benzene rings is 1.